The number of nitrogens with zero attached hydrogens (tertiary/aromatic N) is 8. The Balaban J connectivity index is 0.000000241. The number of ether oxygens (including phenoxy) is 4. The predicted octanol–water partition coefficient (Wildman–Crippen LogP) is 8.71. The summed E-state index contributed by atoms with van der Waals surface area (Å²) in [6.07, 6.45) is -9.77. The first-order valence-corrected chi connectivity index (χ1v) is 29.3. The van der Waals surface area contributed by atoms with E-state index >= 15 is 0 Å². The van der Waals surface area contributed by atoms with E-state index in [1.54, 1.807) is 62.4 Å². The molecule has 0 fully saturated rings. The standard InChI is InChI=1S/C26H26ClF3N4O6S.C22H19ClF3N5O4.C3H7ClO2S/c1-16(2)41(37,38)13-5-12-33-23(35)21-22(32(3)25(33)36)31-24(34(21)15-17-8-10-18(27)11-9-17)39-19-6-4-7-20(14-19)40-26(28,29)30;1-29-18-17(19(32)30(10-9-27)21(29)33)31(12-13-5-7-14(23)8-6-13)20(28-18)34-15-3-2-4-16(11-15)35-22(24,25)26;1-3(2)7(4,5)6/h4,6-11,14,16H,5,12-13,15H2,1-3H3;2-8,11H,9-10,12,27H2,1H3;3H,1-2H3. The molecule has 0 unspecified atom stereocenters. The molecule has 0 aliphatic carbocycles. The number of hydrogen-bond donors (Lipinski definition) is 1. The third-order valence-electron chi connectivity index (χ3n) is 11.8. The normalized spacial score (nSPS) is 12.1. The van der Waals surface area contributed by atoms with E-state index in [-0.39, 0.29) is 90.7 Å². The molecule has 8 aromatic rings. The minimum atomic E-state index is -4.92. The summed E-state index contributed by atoms with van der Waals surface area (Å²) >= 11 is 12.0. The molecule has 0 spiro atoms. The number of alkyl halides is 6. The van der Waals surface area contributed by atoms with Crippen molar-refractivity contribution in [1.29, 1.82) is 0 Å². The summed E-state index contributed by atoms with van der Waals surface area (Å²) in [6, 6.07) is 22.8. The number of sulfone groups is 1. The van der Waals surface area contributed by atoms with E-state index in [0.717, 1.165) is 43.5 Å². The minimum absolute atomic E-state index is 0.0133. The number of imidazole rings is 2. The highest BCUT2D eigenvalue weighted by molar-refractivity contribution is 8.14. The highest BCUT2D eigenvalue weighted by Crippen LogP contribution is 2.32. The van der Waals surface area contributed by atoms with E-state index in [1.165, 1.54) is 65.9 Å². The van der Waals surface area contributed by atoms with Crippen LogP contribution >= 0.6 is 33.9 Å². The van der Waals surface area contributed by atoms with E-state index in [4.69, 9.17) is 49.1 Å². The Morgan fingerprint density at radius 2 is 0.928 bits per heavy atom. The lowest BCUT2D eigenvalue weighted by Crippen LogP contribution is -2.41. The van der Waals surface area contributed by atoms with Crippen molar-refractivity contribution in [3.8, 4) is 35.0 Å². The molecule has 32 heteroatoms. The number of halogens is 9. The fraction of sp³-hybridized carbons (Fsp3) is 0.333. The number of hydrogen-bond acceptors (Lipinski definition) is 15. The molecular formula is C51H52Cl3F6N9O12S2. The quantitative estimate of drug-likeness (QED) is 0.0622. The van der Waals surface area contributed by atoms with Gasteiger partial charge in [-0.3, -0.25) is 37.0 Å². The molecule has 8 rings (SSSR count). The number of aryl methyl sites for hydroxylation is 2. The van der Waals surface area contributed by atoms with Crippen molar-refractivity contribution in [1.82, 2.24) is 37.4 Å². The van der Waals surface area contributed by atoms with Crippen molar-refractivity contribution in [3.63, 3.8) is 0 Å². The summed E-state index contributed by atoms with van der Waals surface area (Å²) in [6.45, 7) is 6.16. The molecule has 0 saturated heterocycles. The van der Waals surface area contributed by atoms with Crippen LogP contribution in [0.25, 0.3) is 22.3 Å². The molecule has 83 heavy (non-hydrogen) atoms. The summed E-state index contributed by atoms with van der Waals surface area (Å²) in [4.78, 5) is 61.3. The van der Waals surface area contributed by atoms with Crippen molar-refractivity contribution >= 4 is 75.1 Å². The third kappa shape index (κ3) is 16.9. The Kier molecular flexibility index (Phi) is 20.7. The summed E-state index contributed by atoms with van der Waals surface area (Å²) in [5.41, 5.74) is 4.35. The third-order valence-corrected chi connectivity index (χ3v) is 16.8. The molecule has 4 aromatic heterocycles. The van der Waals surface area contributed by atoms with Gasteiger partial charge in [-0.05, 0) is 93.8 Å². The zero-order valence-electron chi connectivity index (χ0n) is 44.6. The smallest absolute Gasteiger partial charge is 0.425 e. The molecular weight excluding hydrogens is 1220 g/mol. The second kappa shape index (κ2) is 26.5. The Bertz CT molecular complexity index is 4110. The Labute approximate surface area is 482 Å². The fourth-order valence-corrected chi connectivity index (χ4v) is 8.82. The molecule has 21 nitrogen and oxygen atoms in total. The van der Waals surface area contributed by atoms with Gasteiger partial charge >= 0.3 is 36.1 Å². The maximum Gasteiger partial charge on any atom is 0.573 e. The lowest BCUT2D eigenvalue weighted by atomic mass is 10.2. The van der Waals surface area contributed by atoms with Gasteiger partial charge in [-0.25, -0.2) is 26.4 Å². The van der Waals surface area contributed by atoms with E-state index in [2.05, 4.69) is 19.4 Å². The average Bonchev–Trinajstić information content (AvgIpc) is 1.97. The van der Waals surface area contributed by atoms with Gasteiger partial charge in [0.25, 0.3) is 11.1 Å². The number of nitrogens with two attached hydrogens (primary N) is 1. The van der Waals surface area contributed by atoms with Crippen LogP contribution in [0.5, 0.6) is 35.0 Å². The van der Waals surface area contributed by atoms with E-state index in [1.807, 2.05) is 0 Å². The molecule has 0 saturated carbocycles. The molecule has 4 heterocycles. The first-order valence-electron chi connectivity index (χ1n) is 24.5. The van der Waals surface area contributed by atoms with Gasteiger partial charge in [0, 0.05) is 66.6 Å². The van der Waals surface area contributed by atoms with Gasteiger partial charge in [0.05, 0.1) is 29.3 Å². The molecule has 0 radical (unpaired) electrons. The van der Waals surface area contributed by atoms with E-state index in [9.17, 15) is 62.4 Å². The molecule has 0 amide bonds. The van der Waals surface area contributed by atoms with Gasteiger partial charge in [0.2, 0.25) is 9.05 Å². The summed E-state index contributed by atoms with van der Waals surface area (Å²) in [5.74, 6) is -1.32. The monoisotopic (exact) mass is 1270 g/mol. The molecule has 0 bridgehead atoms. The lowest BCUT2D eigenvalue weighted by Gasteiger charge is -2.13. The Hall–Kier alpha value is -7.31. The second-order valence-electron chi connectivity index (χ2n) is 18.5. The van der Waals surface area contributed by atoms with E-state index in [0.29, 0.717) is 15.6 Å². The van der Waals surface area contributed by atoms with E-state index < -0.39 is 76.1 Å². The number of rotatable bonds is 18. The second-order valence-corrected chi connectivity index (χ2v) is 25.2. The maximum atomic E-state index is 13.7. The highest BCUT2D eigenvalue weighted by atomic mass is 35.7. The van der Waals surface area contributed by atoms with Crippen molar-refractivity contribution in [2.45, 2.75) is 83.5 Å². The van der Waals surface area contributed by atoms with Crippen LogP contribution in [-0.2, 0) is 59.2 Å². The minimum Gasteiger partial charge on any atom is -0.425 e. The van der Waals surface area contributed by atoms with Crippen LogP contribution in [0, 0.1) is 0 Å². The molecule has 2 N–H and O–H groups in total. The first-order chi connectivity index (χ1) is 38.7. The molecule has 0 atom stereocenters. The maximum absolute atomic E-state index is 13.7. The van der Waals surface area contributed by atoms with Crippen LogP contribution in [0.15, 0.2) is 116 Å². The lowest BCUT2D eigenvalue weighted by molar-refractivity contribution is -0.275. The van der Waals surface area contributed by atoms with Gasteiger partial charge in [0.15, 0.2) is 32.2 Å². The van der Waals surface area contributed by atoms with Crippen LogP contribution in [0.2, 0.25) is 10.0 Å². The Morgan fingerprint density at radius 1 is 0.566 bits per heavy atom. The van der Waals surface area contributed by atoms with Crippen LogP contribution < -0.4 is 47.2 Å². The van der Waals surface area contributed by atoms with Crippen LogP contribution in [0.1, 0.15) is 45.2 Å². The summed E-state index contributed by atoms with van der Waals surface area (Å²) in [5, 5.41) is -0.0857. The number of benzene rings is 4. The zero-order valence-corrected chi connectivity index (χ0v) is 48.5. The van der Waals surface area contributed by atoms with Crippen molar-refractivity contribution in [2.75, 3.05) is 12.3 Å². The van der Waals surface area contributed by atoms with Gasteiger partial charge in [-0.1, -0.05) is 59.6 Å². The van der Waals surface area contributed by atoms with Gasteiger partial charge < -0.3 is 24.7 Å². The van der Waals surface area contributed by atoms with Gasteiger partial charge in [-0.15, -0.1) is 26.3 Å². The topological polar surface area (TPSA) is 255 Å². The largest absolute Gasteiger partial charge is 0.573 e. The number of fused-ring (bicyclic) bond motifs is 2. The molecule has 0 aliphatic heterocycles. The Morgan fingerprint density at radius 3 is 1.27 bits per heavy atom. The van der Waals surface area contributed by atoms with Crippen LogP contribution in [0.4, 0.5) is 26.3 Å². The van der Waals surface area contributed by atoms with Crippen LogP contribution in [0.3, 0.4) is 0 Å². The van der Waals surface area contributed by atoms with Gasteiger partial charge in [-0.2, -0.15) is 9.97 Å². The van der Waals surface area contributed by atoms with Crippen LogP contribution in [-0.4, -0.2) is 89.7 Å². The average molecular weight is 1270 g/mol. The zero-order chi connectivity index (χ0) is 61.5. The molecule has 448 valence electrons. The fourth-order valence-electron chi connectivity index (χ4n) is 7.56. The van der Waals surface area contributed by atoms with Crippen molar-refractivity contribution in [3.05, 3.63) is 160 Å². The highest BCUT2D eigenvalue weighted by Gasteiger charge is 2.33. The molecule has 4 aromatic carbocycles. The first kappa shape index (κ1) is 64.9. The summed E-state index contributed by atoms with van der Waals surface area (Å²) in [7, 11) is 1.01. The molecule has 0 aliphatic rings. The van der Waals surface area contributed by atoms with Crippen molar-refractivity contribution in [2.24, 2.45) is 19.8 Å². The predicted molar refractivity (Wildman–Crippen MR) is 298 cm³/mol. The SMILES string of the molecule is CC(C)S(=O)(=O)CCCn1c(=O)c2c(nc(Oc3cccc(OC(F)(F)F)c3)n2Cc2ccc(Cl)cc2)n(C)c1=O.CC(C)S(=O)(=O)Cl.Cn1c(=O)n(CCN)c(=O)c2c1nc(Oc1cccc(OC(F)(F)F)c1)n2Cc1ccc(Cl)cc1. The number of aromatic nitrogens is 8. The van der Waals surface area contributed by atoms with Gasteiger partial charge in [0.1, 0.15) is 23.0 Å². The summed E-state index contributed by atoms with van der Waals surface area (Å²) < 4.78 is 147. The van der Waals surface area contributed by atoms with Crippen molar-refractivity contribution < 1.29 is 62.1 Å².